The van der Waals surface area contributed by atoms with Crippen LogP contribution in [0, 0.1) is 11.7 Å². The molecule has 1 heterocycles. The minimum Gasteiger partial charge on any atom is -0.381 e. The van der Waals surface area contributed by atoms with Crippen LogP contribution in [0.1, 0.15) is 44.9 Å². The Morgan fingerprint density at radius 1 is 1.05 bits per heavy atom. The Kier molecular flexibility index (Phi) is 4.96. The van der Waals surface area contributed by atoms with Crippen LogP contribution >= 0.6 is 0 Å². The number of nitrogens with zero attached hydrogens (tertiary/aromatic N) is 1. The molecule has 2 aliphatic rings. The Labute approximate surface area is 131 Å². The number of hydrogen-bond acceptors (Lipinski definition) is 2. The summed E-state index contributed by atoms with van der Waals surface area (Å²) in [7, 11) is 0. The largest absolute Gasteiger partial charge is 0.381 e. The highest BCUT2D eigenvalue weighted by Gasteiger charge is 2.29. The molecule has 1 atom stereocenters. The lowest BCUT2D eigenvalue weighted by atomic mass is 9.87. The number of halogens is 1. The predicted molar refractivity (Wildman–Crippen MR) is 86.2 cm³/mol. The van der Waals surface area contributed by atoms with Gasteiger partial charge in [0.2, 0.25) is 5.91 Å². The smallest absolute Gasteiger partial charge is 0.225 e. The van der Waals surface area contributed by atoms with Crippen molar-refractivity contribution in [2.45, 2.75) is 51.0 Å². The number of hydrogen-bond donors (Lipinski definition) is 1. The van der Waals surface area contributed by atoms with E-state index in [9.17, 15) is 9.18 Å². The van der Waals surface area contributed by atoms with Crippen LogP contribution in [0.2, 0.25) is 0 Å². The minimum absolute atomic E-state index is 0.219. The number of likely N-dealkylation sites (tertiary alicyclic amines) is 1. The molecule has 1 amide bonds. The lowest BCUT2D eigenvalue weighted by molar-refractivity contribution is -0.137. The molecule has 1 aliphatic carbocycles. The van der Waals surface area contributed by atoms with Crippen molar-refractivity contribution in [2.24, 2.45) is 5.92 Å². The van der Waals surface area contributed by atoms with Crippen LogP contribution in [0.3, 0.4) is 0 Å². The van der Waals surface area contributed by atoms with Crippen molar-refractivity contribution >= 4 is 11.6 Å². The van der Waals surface area contributed by atoms with Gasteiger partial charge in [-0.25, -0.2) is 4.39 Å². The number of carbonyl (C=O) groups excluding carboxylic acids is 1. The first-order valence-corrected chi connectivity index (χ1v) is 8.53. The average molecular weight is 304 g/mol. The number of rotatable bonds is 3. The Morgan fingerprint density at radius 2 is 1.77 bits per heavy atom. The molecule has 1 aromatic carbocycles. The van der Waals surface area contributed by atoms with E-state index >= 15 is 0 Å². The van der Waals surface area contributed by atoms with Gasteiger partial charge < -0.3 is 10.2 Å². The van der Waals surface area contributed by atoms with Gasteiger partial charge in [0.25, 0.3) is 0 Å². The molecule has 1 N–H and O–H groups in total. The van der Waals surface area contributed by atoms with Gasteiger partial charge in [-0.3, -0.25) is 4.79 Å². The summed E-state index contributed by atoms with van der Waals surface area (Å²) in [6.07, 6.45) is 7.89. The van der Waals surface area contributed by atoms with E-state index in [1.165, 1.54) is 31.4 Å². The third-order valence-electron chi connectivity index (χ3n) is 4.90. The molecule has 1 saturated carbocycles. The molecule has 0 aromatic heterocycles. The number of nitrogens with one attached hydrogen (secondary N) is 1. The van der Waals surface area contributed by atoms with Gasteiger partial charge in [-0.1, -0.05) is 19.3 Å². The maximum atomic E-state index is 13.0. The fourth-order valence-corrected chi connectivity index (χ4v) is 3.68. The van der Waals surface area contributed by atoms with Crippen LogP contribution in [0.4, 0.5) is 10.1 Å². The van der Waals surface area contributed by atoms with Crippen LogP contribution in [0.5, 0.6) is 0 Å². The van der Waals surface area contributed by atoms with Gasteiger partial charge in [0.1, 0.15) is 5.82 Å². The normalized spacial score (nSPS) is 23.3. The van der Waals surface area contributed by atoms with Gasteiger partial charge in [0.15, 0.2) is 0 Å². The van der Waals surface area contributed by atoms with E-state index in [1.54, 1.807) is 12.1 Å². The van der Waals surface area contributed by atoms with Crippen LogP contribution in [0.15, 0.2) is 24.3 Å². The number of benzene rings is 1. The average Bonchev–Trinajstić information content (AvgIpc) is 2.57. The van der Waals surface area contributed by atoms with Gasteiger partial charge in [-0.15, -0.1) is 0 Å². The highest BCUT2D eigenvalue weighted by atomic mass is 19.1. The number of anilines is 1. The number of amides is 1. The standard InChI is InChI=1S/C18H25FN2O/c19-15-8-10-16(11-9-15)20-17-7-4-12-21(13-17)18(22)14-5-2-1-3-6-14/h8-11,14,17,20H,1-7,12-13H2. The molecular weight excluding hydrogens is 279 g/mol. The molecule has 3 rings (SSSR count). The highest BCUT2D eigenvalue weighted by molar-refractivity contribution is 5.79. The SMILES string of the molecule is O=C(C1CCCCC1)N1CCCC(Nc2ccc(F)cc2)C1. The number of piperidine rings is 1. The zero-order chi connectivity index (χ0) is 15.4. The molecule has 120 valence electrons. The monoisotopic (exact) mass is 304 g/mol. The topological polar surface area (TPSA) is 32.3 Å². The zero-order valence-corrected chi connectivity index (χ0v) is 13.1. The summed E-state index contributed by atoms with van der Waals surface area (Å²) in [4.78, 5) is 14.7. The molecule has 1 aliphatic heterocycles. The van der Waals surface area contributed by atoms with Crippen LogP contribution in [-0.4, -0.2) is 29.9 Å². The molecule has 3 nitrogen and oxygen atoms in total. The summed E-state index contributed by atoms with van der Waals surface area (Å²) in [5.41, 5.74) is 0.929. The van der Waals surface area contributed by atoms with Crippen molar-refractivity contribution in [3.63, 3.8) is 0 Å². The fraction of sp³-hybridized carbons (Fsp3) is 0.611. The minimum atomic E-state index is -0.219. The molecule has 1 unspecified atom stereocenters. The van der Waals surface area contributed by atoms with E-state index in [2.05, 4.69) is 5.32 Å². The van der Waals surface area contributed by atoms with Gasteiger partial charge in [0, 0.05) is 30.7 Å². The van der Waals surface area contributed by atoms with Crippen molar-refractivity contribution in [1.29, 1.82) is 0 Å². The first-order valence-electron chi connectivity index (χ1n) is 8.53. The second-order valence-corrected chi connectivity index (χ2v) is 6.61. The van der Waals surface area contributed by atoms with Gasteiger partial charge in [-0.2, -0.15) is 0 Å². The molecule has 2 fully saturated rings. The van der Waals surface area contributed by atoms with E-state index < -0.39 is 0 Å². The summed E-state index contributed by atoms with van der Waals surface area (Å²) in [6.45, 7) is 1.66. The van der Waals surface area contributed by atoms with E-state index in [1.807, 2.05) is 4.90 Å². The lowest BCUT2D eigenvalue weighted by Crippen LogP contribution is -2.47. The molecule has 0 radical (unpaired) electrons. The third kappa shape index (κ3) is 3.79. The second-order valence-electron chi connectivity index (χ2n) is 6.61. The molecule has 0 spiro atoms. The maximum Gasteiger partial charge on any atom is 0.225 e. The second kappa shape index (κ2) is 7.12. The van der Waals surface area contributed by atoms with E-state index in [4.69, 9.17) is 0 Å². The van der Waals surface area contributed by atoms with Crippen molar-refractivity contribution in [2.75, 3.05) is 18.4 Å². The van der Waals surface area contributed by atoms with Crippen molar-refractivity contribution in [3.05, 3.63) is 30.1 Å². The van der Waals surface area contributed by atoms with Gasteiger partial charge in [-0.05, 0) is 49.9 Å². The summed E-state index contributed by atoms with van der Waals surface area (Å²) >= 11 is 0. The van der Waals surface area contributed by atoms with Gasteiger partial charge >= 0.3 is 0 Å². The maximum absolute atomic E-state index is 13.0. The molecule has 1 aromatic rings. The van der Waals surface area contributed by atoms with Crippen LogP contribution < -0.4 is 5.32 Å². The molecule has 1 saturated heterocycles. The van der Waals surface area contributed by atoms with Crippen LogP contribution in [0.25, 0.3) is 0 Å². The molecule has 22 heavy (non-hydrogen) atoms. The Morgan fingerprint density at radius 3 is 2.50 bits per heavy atom. The lowest BCUT2D eigenvalue weighted by Gasteiger charge is -2.36. The Balaban J connectivity index is 1.56. The van der Waals surface area contributed by atoms with Gasteiger partial charge in [0.05, 0.1) is 0 Å². The Bertz CT molecular complexity index is 496. The van der Waals surface area contributed by atoms with E-state index in [0.717, 1.165) is 44.5 Å². The Hall–Kier alpha value is -1.58. The number of carbonyl (C=O) groups is 1. The quantitative estimate of drug-likeness (QED) is 0.921. The highest BCUT2D eigenvalue weighted by Crippen LogP contribution is 2.27. The zero-order valence-electron chi connectivity index (χ0n) is 13.1. The summed E-state index contributed by atoms with van der Waals surface area (Å²) in [6, 6.07) is 6.73. The fourth-order valence-electron chi connectivity index (χ4n) is 3.68. The predicted octanol–water partition coefficient (Wildman–Crippen LogP) is 3.81. The summed E-state index contributed by atoms with van der Waals surface area (Å²) in [5, 5.41) is 3.44. The van der Waals surface area contributed by atoms with Crippen molar-refractivity contribution < 1.29 is 9.18 Å². The first-order chi connectivity index (χ1) is 10.7. The first kappa shape index (κ1) is 15.3. The van der Waals surface area contributed by atoms with E-state index in [0.29, 0.717) is 5.91 Å². The molecular formula is C18H25FN2O. The van der Waals surface area contributed by atoms with Crippen molar-refractivity contribution in [3.8, 4) is 0 Å². The summed E-state index contributed by atoms with van der Waals surface area (Å²) in [5.74, 6) is 0.381. The summed E-state index contributed by atoms with van der Waals surface area (Å²) < 4.78 is 13.0. The molecule has 4 heteroatoms. The molecule has 0 bridgehead atoms. The van der Waals surface area contributed by atoms with Crippen LogP contribution in [-0.2, 0) is 4.79 Å². The third-order valence-corrected chi connectivity index (χ3v) is 4.90. The van der Waals surface area contributed by atoms with Crippen molar-refractivity contribution in [1.82, 2.24) is 4.90 Å². The van der Waals surface area contributed by atoms with E-state index in [-0.39, 0.29) is 17.8 Å².